The summed E-state index contributed by atoms with van der Waals surface area (Å²) < 4.78 is 12.1. The molecule has 4 nitrogen and oxygen atoms in total. The van der Waals surface area contributed by atoms with E-state index in [2.05, 4.69) is 27.3 Å². The third-order valence-corrected chi connectivity index (χ3v) is 3.85. The molecule has 0 saturated heterocycles. The molecular weight excluding hydrogens is 322 g/mol. The average Bonchev–Trinajstić information content (AvgIpc) is 3.26. The van der Waals surface area contributed by atoms with Gasteiger partial charge in [-0.15, -0.1) is 0 Å². The van der Waals surface area contributed by atoms with Crippen molar-refractivity contribution in [2.45, 2.75) is 38.3 Å². The molecule has 0 aromatic heterocycles. The summed E-state index contributed by atoms with van der Waals surface area (Å²) >= 11 is 3.55. The van der Waals surface area contributed by atoms with Gasteiger partial charge in [-0.3, -0.25) is 0 Å². The molecule has 0 amide bonds. The molecule has 1 aromatic carbocycles. The monoisotopic (exact) mass is 343 g/mol. The standard InChI is InChI=1S/C15H22BrNO3/c1-19-14-9-11(10-17-12-4-5-12)8-13(16)15(14)20-7-3-2-6-18/h8-9,12,17-18H,2-7,10H2,1H3. The second-order valence-corrected chi connectivity index (χ2v) is 5.90. The van der Waals surface area contributed by atoms with Crippen molar-refractivity contribution in [1.82, 2.24) is 5.32 Å². The van der Waals surface area contributed by atoms with E-state index >= 15 is 0 Å². The molecule has 1 aliphatic rings. The SMILES string of the molecule is COc1cc(CNC2CC2)cc(Br)c1OCCCCO. The van der Waals surface area contributed by atoms with Gasteiger partial charge in [0.05, 0.1) is 18.2 Å². The van der Waals surface area contributed by atoms with E-state index in [4.69, 9.17) is 14.6 Å². The van der Waals surface area contributed by atoms with Gasteiger partial charge in [0.15, 0.2) is 11.5 Å². The normalized spacial score (nSPS) is 14.3. The highest BCUT2D eigenvalue weighted by Crippen LogP contribution is 2.37. The first-order chi connectivity index (χ1) is 9.74. The summed E-state index contributed by atoms with van der Waals surface area (Å²) in [4.78, 5) is 0. The highest BCUT2D eigenvalue weighted by atomic mass is 79.9. The minimum atomic E-state index is 0.202. The van der Waals surface area contributed by atoms with Gasteiger partial charge in [0.1, 0.15) is 0 Å². The Morgan fingerprint density at radius 3 is 2.80 bits per heavy atom. The van der Waals surface area contributed by atoms with Crippen LogP contribution in [0.5, 0.6) is 11.5 Å². The molecule has 1 saturated carbocycles. The van der Waals surface area contributed by atoms with Crippen molar-refractivity contribution in [1.29, 1.82) is 0 Å². The lowest BCUT2D eigenvalue weighted by Gasteiger charge is -2.14. The number of hydrogen-bond acceptors (Lipinski definition) is 4. The Bertz CT molecular complexity index is 435. The van der Waals surface area contributed by atoms with E-state index in [0.29, 0.717) is 12.6 Å². The highest BCUT2D eigenvalue weighted by molar-refractivity contribution is 9.10. The van der Waals surface area contributed by atoms with Crippen LogP contribution in [-0.2, 0) is 6.54 Å². The number of aliphatic hydroxyl groups is 1. The van der Waals surface area contributed by atoms with Crippen LogP contribution in [0.3, 0.4) is 0 Å². The molecule has 2 rings (SSSR count). The lowest BCUT2D eigenvalue weighted by molar-refractivity contribution is 0.246. The Morgan fingerprint density at radius 2 is 2.15 bits per heavy atom. The van der Waals surface area contributed by atoms with Crippen LogP contribution < -0.4 is 14.8 Å². The molecule has 0 bridgehead atoms. The smallest absolute Gasteiger partial charge is 0.175 e. The van der Waals surface area contributed by atoms with Crippen LogP contribution in [0.2, 0.25) is 0 Å². The fourth-order valence-electron chi connectivity index (χ4n) is 1.95. The molecular formula is C15H22BrNO3. The number of hydrogen-bond donors (Lipinski definition) is 2. The van der Waals surface area contributed by atoms with Crippen LogP contribution in [0.15, 0.2) is 16.6 Å². The van der Waals surface area contributed by atoms with Crippen molar-refractivity contribution in [3.63, 3.8) is 0 Å². The number of methoxy groups -OCH3 is 1. The number of ether oxygens (including phenoxy) is 2. The zero-order valence-corrected chi connectivity index (χ0v) is 13.4. The van der Waals surface area contributed by atoms with Crippen molar-refractivity contribution in [2.75, 3.05) is 20.3 Å². The molecule has 0 aliphatic heterocycles. The van der Waals surface area contributed by atoms with Gasteiger partial charge in [0, 0.05) is 19.2 Å². The first-order valence-corrected chi connectivity index (χ1v) is 7.87. The molecule has 0 spiro atoms. The Hall–Kier alpha value is -0.780. The van der Waals surface area contributed by atoms with Crippen molar-refractivity contribution in [3.8, 4) is 11.5 Å². The molecule has 0 radical (unpaired) electrons. The molecule has 0 atom stereocenters. The van der Waals surface area contributed by atoms with E-state index in [9.17, 15) is 0 Å². The van der Waals surface area contributed by atoms with E-state index in [1.54, 1.807) is 7.11 Å². The lowest BCUT2D eigenvalue weighted by atomic mass is 10.2. The van der Waals surface area contributed by atoms with Crippen LogP contribution >= 0.6 is 15.9 Å². The molecule has 1 aliphatic carbocycles. The maximum absolute atomic E-state index is 8.77. The molecule has 20 heavy (non-hydrogen) atoms. The van der Waals surface area contributed by atoms with Crippen molar-refractivity contribution < 1.29 is 14.6 Å². The summed E-state index contributed by atoms with van der Waals surface area (Å²) in [5, 5.41) is 12.3. The molecule has 5 heteroatoms. The molecule has 1 aromatic rings. The Balaban J connectivity index is 1.98. The van der Waals surface area contributed by atoms with Crippen molar-refractivity contribution >= 4 is 15.9 Å². The Labute approximate surface area is 128 Å². The largest absolute Gasteiger partial charge is 0.493 e. The molecule has 2 N–H and O–H groups in total. The summed E-state index contributed by atoms with van der Waals surface area (Å²) in [6, 6.07) is 4.77. The highest BCUT2D eigenvalue weighted by Gasteiger charge is 2.20. The van der Waals surface area contributed by atoms with E-state index in [-0.39, 0.29) is 6.61 Å². The molecule has 1 fully saturated rings. The predicted octanol–water partition coefficient (Wildman–Crippen LogP) is 2.86. The first kappa shape index (κ1) is 15.6. The van der Waals surface area contributed by atoms with E-state index in [0.717, 1.165) is 35.4 Å². The summed E-state index contributed by atoms with van der Waals surface area (Å²) in [6.45, 7) is 1.63. The van der Waals surface area contributed by atoms with Gasteiger partial charge in [-0.2, -0.15) is 0 Å². The first-order valence-electron chi connectivity index (χ1n) is 7.08. The molecule has 112 valence electrons. The minimum Gasteiger partial charge on any atom is -0.493 e. The third kappa shape index (κ3) is 4.65. The number of unbranched alkanes of at least 4 members (excludes halogenated alkanes) is 1. The fraction of sp³-hybridized carbons (Fsp3) is 0.600. The predicted molar refractivity (Wildman–Crippen MR) is 82.4 cm³/mol. The summed E-state index contributed by atoms with van der Waals surface area (Å²) in [7, 11) is 1.65. The minimum absolute atomic E-state index is 0.202. The molecule has 0 unspecified atom stereocenters. The topological polar surface area (TPSA) is 50.7 Å². The zero-order chi connectivity index (χ0) is 14.4. The van der Waals surface area contributed by atoms with Gasteiger partial charge < -0.3 is 19.9 Å². The maximum atomic E-state index is 8.77. The van der Waals surface area contributed by atoms with Gasteiger partial charge in [-0.05, 0) is 59.3 Å². The third-order valence-electron chi connectivity index (χ3n) is 3.26. The zero-order valence-electron chi connectivity index (χ0n) is 11.8. The second kappa shape index (κ2) is 7.86. The molecule has 0 heterocycles. The number of rotatable bonds is 9. The van der Waals surface area contributed by atoms with Crippen LogP contribution in [0.4, 0.5) is 0 Å². The van der Waals surface area contributed by atoms with Gasteiger partial charge in [-0.25, -0.2) is 0 Å². The van der Waals surface area contributed by atoms with Gasteiger partial charge in [0.2, 0.25) is 0 Å². The van der Waals surface area contributed by atoms with Crippen LogP contribution in [0.1, 0.15) is 31.2 Å². The summed E-state index contributed by atoms with van der Waals surface area (Å²) in [5.74, 6) is 1.48. The Morgan fingerprint density at radius 1 is 1.35 bits per heavy atom. The average molecular weight is 344 g/mol. The van der Waals surface area contributed by atoms with Gasteiger partial charge >= 0.3 is 0 Å². The van der Waals surface area contributed by atoms with Gasteiger partial charge in [-0.1, -0.05) is 0 Å². The fourth-order valence-corrected chi connectivity index (χ4v) is 2.56. The quantitative estimate of drug-likeness (QED) is 0.677. The van der Waals surface area contributed by atoms with E-state index in [1.165, 1.54) is 18.4 Å². The van der Waals surface area contributed by atoms with E-state index in [1.807, 2.05) is 6.07 Å². The van der Waals surface area contributed by atoms with Crippen LogP contribution in [0, 0.1) is 0 Å². The van der Waals surface area contributed by atoms with Gasteiger partial charge in [0.25, 0.3) is 0 Å². The van der Waals surface area contributed by atoms with Crippen molar-refractivity contribution in [2.24, 2.45) is 0 Å². The maximum Gasteiger partial charge on any atom is 0.175 e. The number of halogens is 1. The number of aliphatic hydroxyl groups excluding tert-OH is 1. The van der Waals surface area contributed by atoms with E-state index < -0.39 is 0 Å². The Kier molecular flexibility index (Phi) is 6.13. The van der Waals surface area contributed by atoms with Crippen LogP contribution in [-0.4, -0.2) is 31.5 Å². The number of nitrogens with one attached hydrogen (secondary N) is 1. The summed E-state index contributed by atoms with van der Waals surface area (Å²) in [6.07, 6.45) is 4.15. The second-order valence-electron chi connectivity index (χ2n) is 5.04. The lowest BCUT2D eigenvalue weighted by Crippen LogP contribution is -2.15. The number of benzene rings is 1. The van der Waals surface area contributed by atoms with Crippen LogP contribution in [0.25, 0.3) is 0 Å². The van der Waals surface area contributed by atoms with Crippen molar-refractivity contribution in [3.05, 3.63) is 22.2 Å². The summed E-state index contributed by atoms with van der Waals surface area (Å²) in [5.41, 5.74) is 1.18.